The Morgan fingerprint density at radius 2 is 1.20 bits per heavy atom. The highest BCUT2D eigenvalue weighted by molar-refractivity contribution is 5.85. The van der Waals surface area contributed by atoms with Gasteiger partial charge >= 0.3 is 12.2 Å². The van der Waals surface area contributed by atoms with Crippen LogP contribution in [0.4, 0.5) is 15.3 Å². The molecule has 1 N–H and O–H groups in total. The molecule has 6 nitrogen and oxygen atoms in total. The lowest BCUT2D eigenvalue weighted by molar-refractivity contribution is 0.0206. The molecule has 2 rings (SSSR count). The molecule has 0 spiro atoms. The number of rotatable bonds is 4. The summed E-state index contributed by atoms with van der Waals surface area (Å²) in [6, 6.07) is 14.5. The molecule has 0 saturated heterocycles. The Balaban J connectivity index is 1.91. The summed E-state index contributed by atoms with van der Waals surface area (Å²) >= 11 is 0. The average Bonchev–Trinajstić information content (AvgIpc) is 2.59. The number of carbonyl (C=O) groups is 2. The first-order chi connectivity index (χ1) is 13.9. The number of hydrogen-bond donors (Lipinski definition) is 1. The Hall–Kier alpha value is -3.28. The van der Waals surface area contributed by atoms with Crippen molar-refractivity contribution in [2.75, 3.05) is 5.32 Å². The number of amides is 1. The Labute approximate surface area is 177 Å². The largest absolute Gasteiger partial charge is 0.514 e. The molecule has 0 aliphatic carbocycles. The molecule has 160 valence electrons. The quantitative estimate of drug-likeness (QED) is 0.352. The van der Waals surface area contributed by atoms with Crippen molar-refractivity contribution >= 4 is 30.1 Å². The molecule has 2 aromatic rings. The van der Waals surface area contributed by atoms with Crippen molar-refractivity contribution in [1.82, 2.24) is 0 Å². The number of benzene rings is 2. The van der Waals surface area contributed by atoms with E-state index >= 15 is 0 Å². The summed E-state index contributed by atoms with van der Waals surface area (Å²) < 4.78 is 15.5. The summed E-state index contributed by atoms with van der Waals surface area (Å²) in [7, 11) is 0. The molecule has 2 aromatic carbocycles. The first kappa shape index (κ1) is 23.0. The maximum absolute atomic E-state index is 11.8. The van der Waals surface area contributed by atoms with E-state index in [1.54, 1.807) is 45.0 Å². The molecule has 0 bridgehead atoms. The van der Waals surface area contributed by atoms with Crippen LogP contribution in [0.15, 0.2) is 48.5 Å². The minimum Gasteiger partial charge on any atom is -0.444 e. The number of hydrogen-bond acceptors (Lipinski definition) is 5. The van der Waals surface area contributed by atoms with Crippen LogP contribution in [0.1, 0.15) is 52.7 Å². The fourth-order valence-corrected chi connectivity index (χ4v) is 2.31. The molecule has 1 amide bonds. The van der Waals surface area contributed by atoms with E-state index in [1.165, 1.54) is 0 Å². The molecule has 6 heteroatoms. The van der Waals surface area contributed by atoms with Gasteiger partial charge in [-0.05, 0) is 76.9 Å². The van der Waals surface area contributed by atoms with Gasteiger partial charge in [-0.25, -0.2) is 9.59 Å². The summed E-state index contributed by atoms with van der Waals surface area (Å²) in [6.07, 6.45) is 2.67. The molecule has 0 unspecified atom stereocenters. The first-order valence-corrected chi connectivity index (χ1v) is 9.69. The third kappa shape index (κ3) is 8.82. The third-order valence-electron chi connectivity index (χ3n) is 3.50. The topological polar surface area (TPSA) is 73.9 Å². The highest BCUT2D eigenvalue weighted by Gasteiger charge is 2.18. The van der Waals surface area contributed by atoms with Crippen LogP contribution in [-0.4, -0.2) is 23.5 Å². The zero-order chi connectivity index (χ0) is 22.4. The maximum Gasteiger partial charge on any atom is 0.514 e. The third-order valence-corrected chi connectivity index (χ3v) is 3.50. The van der Waals surface area contributed by atoms with E-state index in [1.807, 2.05) is 57.2 Å². The van der Waals surface area contributed by atoms with Crippen LogP contribution in [0.3, 0.4) is 0 Å². The van der Waals surface area contributed by atoms with Crippen LogP contribution in [0.2, 0.25) is 0 Å². The molecule has 0 atom stereocenters. The van der Waals surface area contributed by atoms with Crippen molar-refractivity contribution in [3.8, 4) is 5.75 Å². The fraction of sp³-hybridized carbons (Fsp3) is 0.333. The molecule has 30 heavy (non-hydrogen) atoms. The van der Waals surface area contributed by atoms with Gasteiger partial charge in [-0.1, -0.05) is 36.4 Å². The molecule has 0 heterocycles. The van der Waals surface area contributed by atoms with E-state index in [0.717, 1.165) is 11.1 Å². The number of anilines is 1. The van der Waals surface area contributed by atoms with Gasteiger partial charge in [0, 0.05) is 5.69 Å². The second kappa shape index (κ2) is 9.48. The summed E-state index contributed by atoms with van der Waals surface area (Å²) in [5, 5.41) is 2.70. The SMILES string of the molecule is CC(C)(C)OC(=O)Nc1ccc(/C=C/c2ccc(OC(=O)OC(C)(C)C)cc2)cc1. The molecular formula is C24H29NO5. The van der Waals surface area contributed by atoms with Gasteiger partial charge in [0.2, 0.25) is 0 Å². The predicted molar refractivity (Wildman–Crippen MR) is 119 cm³/mol. The lowest BCUT2D eigenvalue weighted by Crippen LogP contribution is -2.27. The predicted octanol–water partition coefficient (Wildman–Crippen LogP) is 6.52. The summed E-state index contributed by atoms with van der Waals surface area (Å²) in [5.74, 6) is 0.416. The number of carbonyl (C=O) groups excluding carboxylic acids is 2. The Kier molecular flexibility index (Phi) is 7.27. The summed E-state index contributed by atoms with van der Waals surface area (Å²) in [5.41, 5.74) is 1.43. The van der Waals surface area contributed by atoms with E-state index in [0.29, 0.717) is 11.4 Å². The van der Waals surface area contributed by atoms with E-state index in [2.05, 4.69) is 5.32 Å². The van der Waals surface area contributed by atoms with Crippen molar-refractivity contribution in [2.45, 2.75) is 52.7 Å². The van der Waals surface area contributed by atoms with Gasteiger partial charge in [-0.3, -0.25) is 5.32 Å². The zero-order valence-electron chi connectivity index (χ0n) is 18.3. The number of ether oxygens (including phenoxy) is 3. The fourth-order valence-electron chi connectivity index (χ4n) is 2.31. The highest BCUT2D eigenvalue weighted by Crippen LogP contribution is 2.18. The minimum absolute atomic E-state index is 0.416. The summed E-state index contributed by atoms with van der Waals surface area (Å²) in [4.78, 5) is 23.5. The Morgan fingerprint density at radius 3 is 1.67 bits per heavy atom. The lowest BCUT2D eigenvalue weighted by Gasteiger charge is -2.19. The maximum atomic E-state index is 11.8. The van der Waals surface area contributed by atoms with Crippen LogP contribution in [0.25, 0.3) is 12.2 Å². The zero-order valence-corrected chi connectivity index (χ0v) is 18.3. The average molecular weight is 411 g/mol. The monoisotopic (exact) mass is 411 g/mol. The van der Waals surface area contributed by atoms with Gasteiger partial charge in [0.25, 0.3) is 0 Å². The molecule has 0 aromatic heterocycles. The molecular weight excluding hydrogens is 382 g/mol. The van der Waals surface area contributed by atoms with Crippen LogP contribution in [0, 0.1) is 0 Å². The number of nitrogens with one attached hydrogen (secondary N) is 1. The smallest absolute Gasteiger partial charge is 0.444 e. The van der Waals surface area contributed by atoms with Gasteiger partial charge in [-0.15, -0.1) is 0 Å². The van der Waals surface area contributed by atoms with E-state index in [9.17, 15) is 9.59 Å². The van der Waals surface area contributed by atoms with E-state index in [-0.39, 0.29) is 0 Å². The molecule has 0 saturated carbocycles. The van der Waals surface area contributed by atoms with Crippen LogP contribution in [0.5, 0.6) is 5.75 Å². The Morgan fingerprint density at radius 1 is 0.733 bits per heavy atom. The van der Waals surface area contributed by atoms with Crippen molar-refractivity contribution < 1.29 is 23.8 Å². The summed E-state index contributed by atoms with van der Waals surface area (Å²) in [6.45, 7) is 10.8. The normalized spacial score (nSPS) is 11.8. The van der Waals surface area contributed by atoms with Gasteiger partial charge in [0.1, 0.15) is 17.0 Å². The van der Waals surface area contributed by atoms with Crippen molar-refractivity contribution in [3.05, 3.63) is 59.7 Å². The van der Waals surface area contributed by atoms with Crippen molar-refractivity contribution in [1.29, 1.82) is 0 Å². The van der Waals surface area contributed by atoms with Crippen LogP contribution >= 0.6 is 0 Å². The van der Waals surface area contributed by atoms with Gasteiger partial charge < -0.3 is 14.2 Å². The van der Waals surface area contributed by atoms with Crippen LogP contribution < -0.4 is 10.1 Å². The van der Waals surface area contributed by atoms with Gasteiger partial charge in [0.15, 0.2) is 0 Å². The molecule has 0 fully saturated rings. The highest BCUT2D eigenvalue weighted by atomic mass is 16.7. The van der Waals surface area contributed by atoms with Crippen LogP contribution in [-0.2, 0) is 9.47 Å². The second-order valence-electron chi connectivity index (χ2n) is 8.72. The standard InChI is InChI=1S/C24H29NO5/c1-23(2,3)29-21(26)25-19-13-9-17(10-14-19)7-8-18-11-15-20(16-12-18)28-22(27)30-24(4,5)6/h7-16H,1-6H3,(H,25,26)/b8-7+. The first-order valence-electron chi connectivity index (χ1n) is 9.69. The molecule has 0 radical (unpaired) electrons. The van der Waals surface area contributed by atoms with E-state index < -0.39 is 23.5 Å². The van der Waals surface area contributed by atoms with Crippen molar-refractivity contribution in [2.24, 2.45) is 0 Å². The lowest BCUT2D eigenvalue weighted by atomic mass is 10.1. The second-order valence-corrected chi connectivity index (χ2v) is 8.72. The van der Waals surface area contributed by atoms with Crippen molar-refractivity contribution in [3.63, 3.8) is 0 Å². The van der Waals surface area contributed by atoms with Gasteiger partial charge in [0.05, 0.1) is 0 Å². The van der Waals surface area contributed by atoms with Gasteiger partial charge in [-0.2, -0.15) is 0 Å². The molecule has 0 aliphatic rings. The van der Waals surface area contributed by atoms with E-state index in [4.69, 9.17) is 14.2 Å². The molecule has 0 aliphatic heterocycles. The minimum atomic E-state index is -0.731. The Bertz CT molecular complexity index is 810.